The molecule has 2 unspecified atom stereocenters. The molecule has 1 aliphatic carbocycles. The lowest BCUT2D eigenvalue weighted by molar-refractivity contribution is -0.349. The van der Waals surface area contributed by atoms with Crippen LogP contribution in [0.1, 0.15) is 28.8 Å². The third-order valence-corrected chi connectivity index (χ3v) is 7.21. The third kappa shape index (κ3) is 6.98. The average Bonchev–Trinajstić information content (AvgIpc) is 3.41. The third-order valence-electron chi connectivity index (χ3n) is 6.88. The number of ether oxygens (including phenoxy) is 1. The minimum Gasteiger partial charge on any atom is -0.409 e. The van der Waals surface area contributed by atoms with Crippen molar-refractivity contribution < 1.29 is 71.0 Å². The first kappa shape index (κ1) is 37.3. The number of amides is 1. The van der Waals surface area contributed by atoms with Gasteiger partial charge >= 0.3 is 30.3 Å². The van der Waals surface area contributed by atoms with E-state index in [1.807, 2.05) is 6.07 Å². The van der Waals surface area contributed by atoms with Gasteiger partial charge in [0, 0.05) is 18.8 Å². The molecule has 1 amide bonds. The lowest BCUT2D eigenvalue weighted by Crippen LogP contribution is -2.59. The number of carbonyl (C=O) groups is 1. The van der Waals surface area contributed by atoms with Gasteiger partial charge in [0.15, 0.2) is 17.2 Å². The highest BCUT2D eigenvalue weighted by molar-refractivity contribution is 6.34. The summed E-state index contributed by atoms with van der Waals surface area (Å²) >= 11 is 6.07. The van der Waals surface area contributed by atoms with Gasteiger partial charge in [-0.25, -0.2) is 22.5 Å². The number of aryl methyl sites for hydroxylation is 1. The van der Waals surface area contributed by atoms with Crippen LogP contribution in [-0.4, -0.2) is 61.3 Å². The van der Waals surface area contributed by atoms with Gasteiger partial charge < -0.3 is 10.1 Å². The number of hydrogen-bond donors (Lipinski definition) is 1. The van der Waals surface area contributed by atoms with Crippen molar-refractivity contribution >= 4 is 17.5 Å². The lowest BCUT2D eigenvalue weighted by atomic mass is 10.0. The van der Waals surface area contributed by atoms with E-state index in [0.717, 1.165) is 18.5 Å². The van der Waals surface area contributed by atoms with Gasteiger partial charge in [-0.3, -0.25) is 4.79 Å². The first-order chi connectivity index (χ1) is 22.3. The molecule has 266 valence electrons. The van der Waals surface area contributed by atoms with Crippen LogP contribution < -0.4 is 10.1 Å². The van der Waals surface area contributed by atoms with E-state index in [2.05, 4.69) is 20.3 Å². The van der Waals surface area contributed by atoms with Gasteiger partial charge in [0.1, 0.15) is 5.54 Å². The number of aromatic nitrogens is 4. The van der Waals surface area contributed by atoms with E-state index in [-0.39, 0.29) is 26.4 Å². The first-order valence-corrected chi connectivity index (χ1v) is 13.3. The Bertz CT molecular complexity index is 1830. The highest BCUT2D eigenvalue weighted by Crippen LogP contribution is 2.53. The highest BCUT2D eigenvalue weighted by atomic mass is 35.5. The quantitative estimate of drug-likeness (QED) is 0.226. The molecule has 49 heavy (non-hydrogen) atoms. The Morgan fingerprint density at radius 2 is 1.69 bits per heavy atom. The minimum absolute atomic E-state index is 0.0565. The number of alkyl halides is 13. The van der Waals surface area contributed by atoms with Crippen LogP contribution in [0.3, 0.4) is 0 Å². The Kier molecular flexibility index (Phi) is 9.20. The largest absolute Gasteiger partial charge is 0.450 e. The van der Waals surface area contributed by atoms with E-state index in [4.69, 9.17) is 11.6 Å². The number of halogens is 15. The molecule has 0 bridgehead atoms. The van der Waals surface area contributed by atoms with Crippen LogP contribution in [0.4, 0.5) is 61.5 Å². The zero-order valence-corrected chi connectivity index (χ0v) is 24.4. The molecule has 0 spiro atoms. The topological polar surface area (TPSA) is 97.8 Å². The fraction of sp³-hybridized carbons (Fsp3) is 0.385. The van der Waals surface area contributed by atoms with Crippen molar-refractivity contribution in [2.24, 2.45) is 7.05 Å². The van der Waals surface area contributed by atoms with E-state index >= 15 is 0 Å². The molecule has 23 heteroatoms. The monoisotopic (exact) mass is 744 g/mol. The molecule has 2 atom stereocenters. The summed E-state index contributed by atoms with van der Waals surface area (Å²) < 4.78 is 195. The number of benzene rings is 1. The molecular formula is C26H15ClF14N6O2. The maximum atomic E-state index is 14.8. The van der Waals surface area contributed by atoms with Crippen LogP contribution in [0.15, 0.2) is 42.5 Å². The molecule has 8 nitrogen and oxygen atoms in total. The van der Waals surface area contributed by atoms with Crippen molar-refractivity contribution in [3.8, 4) is 28.9 Å². The van der Waals surface area contributed by atoms with Crippen molar-refractivity contribution in [1.29, 1.82) is 5.26 Å². The van der Waals surface area contributed by atoms with Gasteiger partial charge in [0.2, 0.25) is 6.17 Å². The summed E-state index contributed by atoms with van der Waals surface area (Å²) in [6.45, 7) is 0. The van der Waals surface area contributed by atoms with Crippen LogP contribution >= 0.6 is 11.6 Å². The molecule has 0 aliphatic heterocycles. The standard InChI is InChI=1S/C26H15ClF14N6O2/c1-46-20(47-9-12(8-43-47)11-2-3-14(27)13(6-11)18(48)44-21(10-42)4-5-21)17(24(34,35)36)19(45-46)49-26(40,41)22(30,25(37,38)39)15(28)7-16(29)23(31,32)33/h2-3,6-9,16H,4-5H2,1H3,(H,44,48)/b15-7+. The normalized spacial score (nSPS) is 17.2. The maximum absolute atomic E-state index is 14.8. The molecular weight excluding hydrogens is 730 g/mol. The van der Waals surface area contributed by atoms with E-state index < -0.39 is 77.1 Å². The SMILES string of the molecule is Cn1nc(OC(F)(F)C(F)(/C(F)=C\C(F)C(F)(F)F)C(F)(F)F)c(C(F)(F)F)c1-n1cc(-c2ccc(Cl)c(C(=O)NC3(C#N)CC3)c2)cn1. The smallest absolute Gasteiger partial charge is 0.409 e. The summed E-state index contributed by atoms with van der Waals surface area (Å²) in [6.07, 6.45) is -30.4. The second-order valence-corrected chi connectivity index (χ2v) is 10.8. The molecule has 0 saturated heterocycles. The number of nitriles is 1. The number of allylic oxidation sites excluding steroid dienone is 1. The Hall–Kier alpha value is -4.55. The number of nitrogens with one attached hydrogen (secondary N) is 1. The van der Waals surface area contributed by atoms with Crippen molar-refractivity contribution in [2.75, 3.05) is 0 Å². The van der Waals surface area contributed by atoms with E-state index in [9.17, 15) is 71.5 Å². The first-order valence-electron chi connectivity index (χ1n) is 12.9. The van der Waals surface area contributed by atoms with Crippen LogP contribution in [0.2, 0.25) is 5.02 Å². The molecule has 1 aliphatic rings. The van der Waals surface area contributed by atoms with E-state index in [0.29, 0.717) is 24.6 Å². The number of hydrogen-bond acceptors (Lipinski definition) is 5. The van der Waals surface area contributed by atoms with Crippen LogP contribution in [0, 0.1) is 11.3 Å². The Morgan fingerprint density at radius 3 is 2.20 bits per heavy atom. The van der Waals surface area contributed by atoms with Crippen molar-refractivity contribution in [3.05, 3.63) is 58.6 Å². The second kappa shape index (κ2) is 12.1. The van der Waals surface area contributed by atoms with Crippen molar-refractivity contribution in [2.45, 2.75) is 54.9 Å². The summed E-state index contributed by atoms with van der Waals surface area (Å²) in [7, 11) is 0.606. The number of nitrogens with zero attached hydrogens (tertiary/aromatic N) is 5. The molecule has 1 N–H and O–H groups in total. The zero-order chi connectivity index (χ0) is 37.1. The molecule has 1 saturated carbocycles. The zero-order valence-electron chi connectivity index (χ0n) is 23.7. The van der Waals surface area contributed by atoms with Crippen LogP contribution in [-0.2, 0) is 13.2 Å². The number of carbonyl (C=O) groups excluding carboxylic acids is 1. The minimum atomic E-state index is -7.24. The summed E-state index contributed by atoms with van der Waals surface area (Å²) in [5, 5.41) is 18.1. The average molecular weight is 745 g/mol. The Balaban J connectivity index is 1.76. The summed E-state index contributed by atoms with van der Waals surface area (Å²) in [5.41, 5.74) is -10.7. The molecule has 0 radical (unpaired) electrons. The maximum Gasteiger partial charge on any atom is 0.450 e. The lowest BCUT2D eigenvalue weighted by Gasteiger charge is -2.33. The van der Waals surface area contributed by atoms with Gasteiger partial charge in [-0.05, 0) is 36.6 Å². The van der Waals surface area contributed by atoms with E-state index in [1.54, 1.807) is 0 Å². The van der Waals surface area contributed by atoms with Gasteiger partial charge in [0.05, 0.1) is 22.9 Å². The van der Waals surface area contributed by atoms with Gasteiger partial charge in [-0.2, -0.15) is 58.7 Å². The van der Waals surface area contributed by atoms with Crippen molar-refractivity contribution in [1.82, 2.24) is 24.9 Å². The molecule has 2 aromatic heterocycles. The number of rotatable bonds is 9. The summed E-state index contributed by atoms with van der Waals surface area (Å²) in [5.74, 6) is -8.79. The predicted octanol–water partition coefficient (Wildman–Crippen LogP) is 7.73. The predicted molar refractivity (Wildman–Crippen MR) is 136 cm³/mol. The van der Waals surface area contributed by atoms with Crippen LogP contribution in [0.5, 0.6) is 5.88 Å². The summed E-state index contributed by atoms with van der Waals surface area (Å²) in [4.78, 5) is 12.7. The molecule has 2 heterocycles. The Labute approximate surface area is 268 Å². The van der Waals surface area contributed by atoms with Gasteiger partial charge in [0.25, 0.3) is 11.8 Å². The molecule has 1 aromatic carbocycles. The second-order valence-electron chi connectivity index (χ2n) is 10.4. The molecule has 3 aromatic rings. The van der Waals surface area contributed by atoms with Crippen LogP contribution in [0.25, 0.3) is 16.9 Å². The Morgan fingerprint density at radius 1 is 1.08 bits per heavy atom. The highest BCUT2D eigenvalue weighted by Gasteiger charge is 2.77. The fourth-order valence-corrected chi connectivity index (χ4v) is 4.39. The van der Waals surface area contributed by atoms with E-state index in [1.165, 1.54) is 12.1 Å². The van der Waals surface area contributed by atoms with Gasteiger partial charge in [-0.15, -0.1) is 5.10 Å². The molecule has 1 fully saturated rings. The summed E-state index contributed by atoms with van der Waals surface area (Å²) in [6, 6.07) is 5.53. The fourth-order valence-electron chi connectivity index (χ4n) is 4.18. The van der Waals surface area contributed by atoms with Gasteiger partial charge in [-0.1, -0.05) is 17.7 Å². The molecule has 4 rings (SSSR count). The van der Waals surface area contributed by atoms with Crippen molar-refractivity contribution in [3.63, 3.8) is 0 Å².